The van der Waals surface area contributed by atoms with E-state index in [1.807, 2.05) is 17.6 Å². The first-order valence-electron chi connectivity index (χ1n) is 8.14. The normalized spacial score (nSPS) is 11.0. The molecular formula is C18H15FN6OS. The second-order valence-corrected chi connectivity index (χ2v) is 6.70. The first-order chi connectivity index (χ1) is 13.2. The van der Waals surface area contributed by atoms with E-state index in [0.29, 0.717) is 16.3 Å². The Labute approximate surface area is 157 Å². The lowest BCUT2D eigenvalue weighted by Gasteiger charge is -2.02. The molecule has 0 bridgehead atoms. The molecule has 4 rings (SSSR count). The molecule has 0 saturated carbocycles. The van der Waals surface area contributed by atoms with Crippen LogP contribution < -0.4 is 11.1 Å². The first kappa shape index (κ1) is 17.1. The van der Waals surface area contributed by atoms with Gasteiger partial charge in [-0.15, -0.1) is 11.3 Å². The molecule has 4 aromatic heterocycles. The fourth-order valence-electron chi connectivity index (χ4n) is 2.65. The summed E-state index contributed by atoms with van der Waals surface area (Å²) in [5.41, 5.74) is 9.71. The van der Waals surface area contributed by atoms with Gasteiger partial charge in [0, 0.05) is 41.8 Å². The Morgan fingerprint density at radius 2 is 2.04 bits per heavy atom. The van der Waals surface area contributed by atoms with Crippen LogP contribution in [-0.2, 0) is 0 Å². The first-order valence-corrected chi connectivity index (χ1v) is 9.02. The molecule has 0 fully saturated rings. The third-order valence-corrected chi connectivity index (χ3v) is 4.92. The minimum absolute atomic E-state index is 0.00705. The summed E-state index contributed by atoms with van der Waals surface area (Å²) in [6, 6.07) is 5.36. The second kappa shape index (κ2) is 7.12. The van der Waals surface area contributed by atoms with E-state index in [1.54, 1.807) is 35.2 Å². The largest absolute Gasteiger partial charge is 0.384 e. The van der Waals surface area contributed by atoms with E-state index >= 15 is 0 Å². The fourth-order valence-corrected chi connectivity index (χ4v) is 3.47. The Morgan fingerprint density at radius 3 is 2.81 bits per heavy atom. The molecule has 7 nitrogen and oxygen atoms in total. The van der Waals surface area contributed by atoms with Gasteiger partial charge in [-0.1, -0.05) is 0 Å². The van der Waals surface area contributed by atoms with E-state index in [9.17, 15) is 9.18 Å². The van der Waals surface area contributed by atoms with Crippen molar-refractivity contribution in [2.24, 2.45) is 0 Å². The molecule has 0 aliphatic rings. The third kappa shape index (κ3) is 3.36. The number of nitrogens with two attached hydrogens (primary N) is 1. The zero-order chi connectivity index (χ0) is 18.8. The second-order valence-electron chi connectivity index (χ2n) is 5.79. The summed E-state index contributed by atoms with van der Waals surface area (Å²) in [5, 5.41) is 8.75. The van der Waals surface area contributed by atoms with Gasteiger partial charge in [0.2, 0.25) is 0 Å². The van der Waals surface area contributed by atoms with Crippen LogP contribution in [0.2, 0.25) is 0 Å². The number of pyridine rings is 1. The molecule has 4 aromatic rings. The zero-order valence-corrected chi connectivity index (χ0v) is 14.9. The van der Waals surface area contributed by atoms with Crippen LogP contribution in [0.4, 0.5) is 10.2 Å². The molecule has 1 amide bonds. The highest BCUT2D eigenvalue weighted by Crippen LogP contribution is 2.29. The predicted molar refractivity (Wildman–Crippen MR) is 102 cm³/mol. The number of aromatic nitrogens is 4. The van der Waals surface area contributed by atoms with Gasteiger partial charge in [0.25, 0.3) is 5.91 Å². The quantitative estimate of drug-likeness (QED) is 0.553. The number of nitrogen functional groups attached to an aromatic ring is 1. The van der Waals surface area contributed by atoms with Gasteiger partial charge in [-0.05, 0) is 29.1 Å². The van der Waals surface area contributed by atoms with Crippen molar-refractivity contribution >= 4 is 28.7 Å². The highest BCUT2D eigenvalue weighted by Gasteiger charge is 2.14. The molecule has 0 aliphatic heterocycles. The smallest absolute Gasteiger partial charge is 0.261 e. The molecule has 4 heterocycles. The van der Waals surface area contributed by atoms with Crippen LogP contribution in [-0.4, -0.2) is 38.7 Å². The average Bonchev–Trinajstić information content (AvgIpc) is 3.33. The van der Waals surface area contributed by atoms with Crippen molar-refractivity contribution in [3.05, 3.63) is 53.2 Å². The minimum atomic E-state index is -0.589. The van der Waals surface area contributed by atoms with Crippen molar-refractivity contribution in [1.29, 1.82) is 0 Å². The van der Waals surface area contributed by atoms with Crippen LogP contribution in [0.3, 0.4) is 0 Å². The van der Waals surface area contributed by atoms with Crippen LogP contribution in [0.25, 0.3) is 27.9 Å². The monoisotopic (exact) mass is 382 g/mol. The Balaban J connectivity index is 1.65. The van der Waals surface area contributed by atoms with Crippen molar-refractivity contribution < 1.29 is 9.18 Å². The Bertz CT molecular complexity index is 1100. The van der Waals surface area contributed by atoms with Gasteiger partial charge in [0.15, 0.2) is 5.65 Å². The number of alkyl halides is 1. The van der Waals surface area contributed by atoms with Gasteiger partial charge in [0.1, 0.15) is 12.5 Å². The summed E-state index contributed by atoms with van der Waals surface area (Å²) in [6.45, 7) is -0.582. The van der Waals surface area contributed by atoms with Crippen molar-refractivity contribution in [2.75, 3.05) is 19.0 Å². The van der Waals surface area contributed by atoms with Gasteiger partial charge in [-0.25, -0.2) is 18.9 Å². The number of hydrogen-bond acceptors (Lipinski definition) is 6. The predicted octanol–water partition coefficient (Wildman–Crippen LogP) is 2.80. The van der Waals surface area contributed by atoms with Gasteiger partial charge in [-0.2, -0.15) is 5.10 Å². The van der Waals surface area contributed by atoms with Gasteiger partial charge in [0.05, 0.1) is 11.1 Å². The summed E-state index contributed by atoms with van der Waals surface area (Å²) in [7, 11) is 0. The number of fused-ring (bicyclic) bond motifs is 1. The van der Waals surface area contributed by atoms with Crippen LogP contribution in [0.1, 0.15) is 9.67 Å². The summed E-state index contributed by atoms with van der Waals surface area (Å²) in [4.78, 5) is 21.1. The molecule has 0 unspecified atom stereocenters. The molecular weight excluding hydrogens is 367 g/mol. The van der Waals surface area contributed by atoms with Gasteiger partial charge >= 0.3 is 0 Å². The molecule has 9 heteroatoms. The van der Waals surface area contributed by atoms with E-state index in [-0.39, 0.29) is 12.5 Å². The lowest BCUT2D eigenvalue weighted by molar-refractivity contribution is 0.0955. The molecule has 0 radical (unpaired) electrons. The molecule has 0 atom stereocenters. The van der Waals surface area contributed by atoms with Crippen LogP contribution in [0.15, 0.2) is 48.4 Å². The van der Waals surface area contributed by atoms with Crippen molar-refractivity contribution in [3.8, 4) is 22.3 Å². The fraction of sp³-hybridized carbons (Fsp3) is 0.111. The number of halogens is 1. The Hall–Kier alpha value is -3.33. The number of carbonyl (C=O) groups excluding carboxylic acids is 1. The SMILES string of the molecule is Nc1ccc(-c2cnc3c(-c4csc(C(=O)NCCF)c4)cnn3c2)cn1. The summed E-state index contributed by atoms with van der Waals surface area (Å²) in [5.74, 6) is 0.171. The van der Waals surface area contributed by atoms with E-state index in [4.69, 9.17) is 5.73 Å². The maximum atomic E-state index is 12.2. The lowest BCUT2D eigenvalue weighted by Crippen LogP contribution is -2.24. The average molecular weight is 382 g/mol. The maximum absolute atomic E-state index is 12.2. The highest BCUT2D eigenvalue weighted by atomic mass is 32.1. The van der Waals surface area contributed by atoms with E-state index in [0.717, 1.165) is 22.3 Å². The molecule has 0 spiro atoms. The molecule has 27 heavy (non-hydrogen) atoms. The van der Waals surface area contributed by atoms with Crippen molar-refractivity contribution in [3.63, 3.8) is 0 Å². The number of carbonyl (C=O) groups is 1. The standard InChI is InChI=1S/C18H15FN6OS/c19-3-4-21-18(26)15-5-12(10-27-15)14-8-24-25-9-13(7-23-17(14)25)11-1-2-16(20)22-6-11/h1-2,5-10H,3-4H2,(H2,20,22)(H,21,26). The molecule has 0 aliphatic carbocycles. The van der Waals surface area contributed by atoms with Gasteiger partial charge in [-0.3, -0.25) is 4.79 Å². The van der Waals surface area contributed by atoms with E-state index < -0.39 is 6.67 Å². The summed E-state index contributed by atoms with van der Waals surface area (Å²) < 4.78 is 13.9. The topological polar surface area (TPSA) is 98.2 Å². The van der Waals surface area contributed by atoms with Crippen molar-refractivity contribution in [1.82, 2.24) is 24.9 Å². The zero-order valence-electron chi connectivity index (χ0n) is 14.1. The summed E-state index contributed by atoms with van der Waals surface area (Å²) >= 11 is 1.30. The third-order valence-electron chi connectivity index (χ3n) is 3.99. The van der Waals surface area contributed by atoms with Crippen molar-refractivity contribution in [2.45, 2.75) is 0 Å². The molecule has 136 valence electrons. The molecule has 0 saturated heterocycles. The van der Waals surface area contributed by atoms with Gasteiger partial charge < -0.3 is 11.1 Å². The van der Waals surface area contributed by atoms with Crippen LogP contribution in [0, 0.1) is 0 Å². The van der Waals surface area contributed by atoms with E-state index in [1.165, 1.54) is 11.3 Å². The lowest BCUT2D eigenvalue weighted by atomic mass is 10.1. The van der Waals surface area contributed by atoms with Crippen LogP contribution in [0.5, 0.6) is 0 Å². The number of nitrogens with zero attached hydrogens (tertiary/aromatic N) is 4. The maximum Gasteiger partial charge on any atom is 0.261 e. The summed E-state index contributed by atoms with van der Waals surface area (Å²) in [6.07, 6.45) is 7.00. The number of nitrogens with one attached hydrogen (secondary N) is 1. The number of hydrogen-bond donors (Lipinski definition) is 2. The van der Waals surface area contributed by atoms with Crippen LogP contribution >= 0.6 is 11.3 Å². The van der Waals surface area contributed by atoms with E-state index in [2.05, 4.69) is 20.4 Å². The molecule has 3 N–H and O–H groups in total. The Kier molecular flexibility index (Phi) is 4.51. The number of anilines is 1. The number of rotatable bonds is 5. The number of thiophene rings is 1. The Morgan fingerprint density at radius 1 is 1.19 bits per heavy atom. The number of amides is 1. The highest BCUT2D eigenvalue weighted by molar-refractivity contribution is 7.12. The minimum Gasteiger partial charge on any atom is -0.384 e. The molecule has 0 aromatic carbocycles.